The molecule has 4 heteroatoms. The molecule has 1 atom stereocenters. The minimum absolute atomic E-state index is 0.182. The molecule has 2 aromatic rings. The highest BCUT2D eigenvalue weighted by Crippen LogP contribution is 2.36. The lowest BCUT2D eigenvalue weighted by atomic mass is 10.0. The molecule has 3 rings (SSSR count). The monoisotopic (exact) mass is 310 g/mol. The van der Waals surface area contributed by atoms with Crippen LogP contribution in [0.15, 0.2) is 22.7 Å². The molecule has 18 heavy (non-hydrogen) atoms. The standard InChI is InChI=1S/C14H16BrFN2/c1-18-12-8-9(16)5-6-10(12)13(15)14(18)11-4-2-3-7-17-11/h5-6,8,11,17H,2-4,7H2,1H3. The maximum Gasteiger partial charge on any atom is 0.125 e. The second-order valence-electron chi connectivity index (χ2n) is 4.92. The van der Waals surface area contributed by atoms with Gasteiger partial charge in [0.2, 0.25) is 0 Å². The number of hydrogen-bond donors (Lipinski definition) is 1. The molecule has 0 spiro atoms. The van der Waals surface area contributed by atoms with Crippen molar-refractivity contribution in [3.05, 3.63) is 34.2 Å². The quantitative estimate of drug-likeness (QED) is 0.845. The number of nitrogens with one attached hydrogen (secondary N) is 1. The van der Waals surface area contributed by atoms with E-state index in [0.717, 1.165) is 28.3 Å². The Balaban J connectivity index is 2.16. The number of fused-ring (bicyclic) bond motifs is 1. The highest BCUT2D eigenvalue weighted by Gasteiger charge is 2.23. The number of aryl methyl sites for hydroxylation is 1. The van der Waals surface area contributed by atoms with E-state index >= 15 is 0 Å². The Hall–Kier alpha value is -0.870. The fraction of sp³-hybridized carbons (Fsp3) is 0.429. The van der Waals surface area contributed by atoms with Crippen molar-refractivity contribution in [1.29, 1.82) is 0 Å². The summed E-state index contributed by atoms with van der Waals surface area (Å²) in [5.41, 5.74) is 2.18. The van der Waals surface area contributed by atoms with Gasteiger partial charge in [0, 0.05) is 28.6 Å². The highest BCUT2D eigenvalue weighted by molar-refractivity contribution is 9.10. The van der Waals surface area contributed by atoms with Gasteiger partial charge in [-0.15, -0.1) is 0 Å². The van der Waals surface area contributed by atoms with E-state index in [4.69, 9.17) is 0 Å². The Morgan fingerprint density at radius 2 is 2.22 bits per heavy atom. The Labute approximate surface area is 114 Å². The lowest BCUT2D eigenvalue weighted by molar-refractivity contribution is 0.398. The van der Waals surface area contributed by atoms with Crippen LogP contribution in [0.4, 0.5) is 4.39 Å². The van der Waals surface area contributed by atoms with Crippen LogP contribution in [0.3, 0.4) is 0 Å². The maximum absolute atomic E-state index is 13.4. The van der Waals surface area contributed by atoms with Crippen LogP contribution in [0.25, 0.3) is 10.9 Å². The first-order valence-corrected chi connectivity index (χ1v) is 7.14. The largest absolute Gasteiger partial charge is 0.345 e. The summed E-state index contributed by atoms with van der Waals surface area (Å²) in [5, 5.41) is 4.63. The van der Waals surface area contributed by atoms with Gasteiger partial charge in [0.15, 0.2) is 0 Å². The number of hydrogen-bond acceptors (Lipinski definition) is 1. The van der Waals surface area contributed by atoms with Crippen molar-refractivity contribution >= 4 is 26.8 Å². The summed E-state index contributed by atoms with van der Waals surface area (Å²) in [4.78, 5) is 0. The van der Waals surface area contributed by atoms with Crippen LogP contribution in [-0.2, 0) is 7.05 Å². The molecule has 1 fully saturated rings. The Bertz CT molecular complexity index is 585. The van der Waals surface area contributed by atoms with E-state index in [0.29, 0.717) is 6.04 Å². The van der Waals surface area contributed by atoms with Crippen LogP contribution in [0, 0.1) is 5.82 Å². The van der Waals surface area contributed by atoms with Gasteiger partial charge >= 0.3 is 0 Å². The van der Waals surface area contributed by atoms with Crippen molar-refractivity contribution in [1.82, 2.24) is 9.88 Å². The third kappa shape index (κ3) is 1.88. The van der Waals surface area contributed by atoms with Crippen LogP contribution < -0.4 is 5.32 Å². The number of rotatable bonds is 1. The average Bonchev–Trinajstić information content (AvgIpc) is 2.63. The molecule has 0 amide bonds. The summed E-state index contributed by atoms with van der Waals surface area (Å²) in [6.07, 6.45) is 3.64. The Morgan fingerprint density at radius 1 is 1.39 bits per heavy atom. The fourth-order valence-corrected chi connectivity index (χ4v) is 3.73. The first-order valence-electron chi connectivity index (χ1n) is 6.35. The smallest absolute Gasteiger partial charge is 0.125 e. The predicted octanol–water partition coefficient (Wildman–Crippen LogP) is 3.89. The molecule has 96 valence electrons. The van der Waals surface area contributed by atoms with Gasteiger partial charge in [-0.3, -0.25) is 0 Å². The molecule has 0 aliphatic carbocycles. The van der Waals surface area contributed by atoms with Crippen molar-refractivity contribution in [2.75, 3.05) is 6.54 Å². The van der Waals surface area contributed by atoms with E-state index in [-0.39, 0.29) is 5.82 Å². The lowest BCUT2D eigenvalue weighted by Gasteiger charge is -2.24. The molecule has 1 aromatic heterocycles. The summed E-state index contributed by atoms with van der Waals surface area (Å²) in [7, 11) is 2.01. The summed E-state index contributed by atoms with van der Waals surface area (Å²) in [6.45, 7) is 1.06. The number of nitrogens with zero attached hydrogens (tertiary/aromatic N) is 1. The number of piperidine rings is 1. The number of aromatic nitrogens is 1. The molecule has 2 nitrogen and oxygen atoms in total. The molecule has 0 radical (unpaired) electrons. The van der Waals surface area contributed by atoms with Crippen molar-refractivity contribution in [2.45, 2.75) is 25.3 Å². The van der Waals surface area contributed by atoms with Crippen molar-refractivity contribution in [3.8, 4) is 0 Å². The van der Waals surface area contributed by atoms with Crippen molar-refractivity contribution < 1.29 is 4.39 Å². The molecular weight excluding hydrogens is 295 g/mol. The summed E-state index contributed by atoms with van der Waals surface area (Å²) in [5.74, 6) is -0.182. The Kier molecular flexibility index (Phi) is 3.16. The maximum atomic E-state index is 13.4. The van der Waals surface area contributed by atoms with Gasteiger partial charge in [0.05, 0.1) is 5.52 Å². The van der Waals surface area contributed by atoms with Crippen LogP contribution in [-0.4, -0.2) is 11.1 Å². The molecule has 1 aliphatic rings. The normalized spacial score (nSPS) is 20.5. The molecule has 1 N–H and O–H groups in total. The van der Waals surface area contributed by atoms with Gasteiger partial charge in [-0.2, -0.15) is 0 Å². The molecule has 1 saturated heterocycles. The van der Waals surface area contributed by atoms with E-state index in [9.17, 15) is 4.39 Å². The minimum atomic E-state index is -0.182. The molecule has 1 aromatic carbocycles. The van der Waals surface area contributed by atoms with Crippen molar-refractivity contribution in [2.24, 2.45) is 7.05 Å². The van der Waals surface area contributed by atoms with Gasteiger partial charge in [0.1, 0.15) is 5.82 Å². The highest BCUT2D eigenvalue weighted by atomic mass is 79.9. The van der Waals surface area contributed by atoms with E-state index in [1.54, 1.807) is 6.07 Å². The SMILES string of the molecule is Cn1c(C2CCCCN2)c(Br)c2ccc(F)cc21. The third-order valence-electron chi connectivity index (χ3n) is 3.78. The van der Waals surface area contributed by atoms with Crippen LogP contribution in [0.2, 0.25) is 0 Å². The van der Waals surface area contributed by atoms with E-state index in [2.05, 4.69) is 25.8 Å². The van der Waals surface area contributed by atoms with Gasteiger partial charge < -0.3 is 9.88 Å². The first-order chi connectivity index (χ1) is 8.68. The third-order valence-corrected chi connectivity index (χ3v) is 4.62. The predicted molar refractivity (Wildman–Crippen MR) is 75.2 cm³/mol. The van der Waals surface area contributed by atoms with Gasteiger partial charge in [-0.25, -0.2) is 4.39 Å². The van der Waals surface area contributed by atoms with Crippen LogP contribution in [0.1, 0.15) is 31.0 Å². The van der Waals surface area contributed by atoms with Gasteiger partial charge in [-0.1, -0.05) is 6.42 Å². The Morgan fingerprint density at radius 3 is 2.94 bits per heavy atom. The fourth-order valence-electron chi connectivity index (χ4n) is 2.85. The van der Waals surface area contributed by atoms with E-state index in [1.807, 2.05) is 13.1 Å². The van der Waals surface area contributed by atoms with Crippen LogP contribution in [0.5, 0.6) is 0 Å². The van der Waals surface area contributed by atoms with Crippen molar-refractivity contribution in [3.63, 3.8) is 0 Å². The molecular formula is C14H16BrFN2. The zero-order chi connectivity index (χ0) is 12.7. The number of benzene rings is 1. The second kappa shape index (κ2) is 4.67. The lowest BCUT2D eigenvalue weighted by Crippen LogP contribution is -2.28. The minimum Gasteiger partial charge on any atom is -0.345 e. The zero-order valence-electron chi connectivity index (χ0n) is 10.3. The van der Waals surface area contributed by atoms with Gasteiger partial charge in [-0.05, 0) is 53.5 Å². The molecule has 2 heterocycles. The second-order valence-corrected chi connectivity index (χ2v) is 5.72. The first kappa shape index (κ1) is 12.2. The summed E-state index contributed by atoms with van der Waals surface area (Å²) < 4.78 is 16.6. The average molecular weight is 311 g/mol. The van der Waals surface area contributed by atoms with Crippen LogP contribution >= 0.6 is 15.9 Å². The zero-order valence-corrected chi connectivity index (χ0v) is 11.9. The molecule has 1 aliphatic heterocycles. The van der Waals surface area contributed by atoms with Gasteiger partial charge in [0.25, 0.3) is 0 Å². The van der Waals surface area contributed by atoms with E-state index < -0.39 is 0 Å². The molecule has 0 bridgehead atoms. The topological polar surface area (TPSA) is 17.0 Å². The molecule has 0 saturated carbocycles. The summed E-state index contributed by atoms with van der Waals surface area (Å²) >= 11 is 3.68. The summed E-state index contributed by atoms with van der Waals surface area (Å²) in [6, 6.07) is 5.34. The van der Waals surface area contributed by atoms with E-state index in [1.165, 1.54) is 24.6 Å². The number of halogens is 2. The molecule has 1 unspecified atom stereocenters.